The van der Waals surface area contributed by atoms with E-state index >= 15 is 0 Å². The van der Waals surface area contributed by atoms with E-state index < -0.39 is 0 Å². The topological polar surface area (TPSA) is 38.3 Å². The fourth-order valence-corrected chi connectivity index (χ4v) is 2.10. The molecule has 0 fully saturated rings. The molecule has 0 atom stereocenters. The Morgan fingerprint density at radius 3 is 2.81 bits per heavy atom. The van der Waals surface area contributed by atoms with Gasteiger partial charge < -0.3 is 10.1 Å². The van der Waals surface area contributed by atoms with Crippen LogP contribution < -0.4 is 10.1 Å². The summed E-state index contributed by atoms with van der Waals surface area (Å²) in [6.45, 7) is 2.35. The number of hydrogen-bond acceptors (Lipinski definition) is 2. The number of nitrogens with one attached hydrogen (secondary N) is 1. The summed E-state index contributed by atoms with van der Waals surface area (Å²) in [5.41, 5.74) is 0.824. The van der Waals surface area contributed by atoms with Crippen molar-refractivity contribution in [1.82, 2.24) is 5.32 Å². The molecule has 1 N–H and O–H groups in total. The van der Waals surface area contributed by atoms with Gasteiger partial charge in [-0.15, -0.1) is 0 Å². The molecule has 1 amide bonds. The lowest BCUT2D eigenvalue weighted by atomic mass is 10.1. The van der Waals surface area contributed by atoms with Crippen molar-refractivity contribution in [3.63, 3.8) is 0 Å². The average Bonchev–Trinajstić information content (AvgIpc) is 2.46. The van der Waals surface area contributed by atoms with Crippen LogP contribution in [0.2, 0.25) is 0 Å². The van der Waals surface area contributed by atoms with Gasteiger partial charge in [-0.2, -0.15) is 0 Å². The maximum absolute atomic E-state index is 13.4. The van der Waals surface area contributed by atoms with Gasteiger partial charge in [0.25, 0.3) is 5.91 Å². The van der Waals surface area contributed by atoms with E-state index in [0.29, 0.717) is 24.3 Å². The summed E-state index contributed by atoms with van der Waals surface area (Å²) in [6.07, 6.45) is 0. The third-order valence-corrected chi connectivity index (χ3v) is 3.38. The van der Waals surface area contributed by atoms with Crippen LogP contribution in [0, 0.1) is 12.7 Å². The first kappa shape index (κ1) is 15.5. The Kier molecular flexibility index (Phi) is 5.33. The van der Waals surface area contributed by atoms with Crippen LogP contribution in [0.1, 0.15) is 15.9 Å². The van der Waals surface area contributed by atoms with Crippen LogP contribution in [0.4, 0.5) is 4.39 Å². The molecule has 3 nitrogen and oxygen atoms in total. The number of halogens is 2. The van der Waals surface area contributed by atoms with Crippen molar-refractivity contribution in [2.75, 3.05) is 13.2 Å². The van der Waals surface area contributed by atoms with Crippen LogP contribution in [0.3, 0.4) is 0 Å². The van der Waals surface area contributed by atoms with Gasteiger partial charge >= 0.3 is 0 Å². The maximum atomic E-state index is 13.4. The average molecular weight is 352 g/mol. The minimum Gasteiger partial charge on any atom is -0.492 e. The highest BCUT2D eigenvalue weighted by Crippen LogP contribution is 2.17. The van der Waals surface area contributed by atoms with Crippen molar-refractivity contribution < 1.29 is 13.9 Å². The van der Waals surface area contributed by atoms with Crippen LogP contribution >= 0.6 is 15.9 Å². The first-order valence-corrected chi connectivity index (χ1v) is 7.28. The Labute approximate surface area is 131 Å². The number of ether oxygens (including phenoxy) is 1. The lowest BCUT2D eigenvalue weighted by Gasteiger charge is -2.08. The summed E-state index contributed by atoms with van der Waals surface area (Å²) in [5.74, 6) is 0.0276. The van der Waals surface area contributed by atoms with Crippen molar-refractivity contribution >= 4 is 21.8 Å². The quantitative estimate of drug-likeness (QED) is 0.834. The molecule has 0 saturated carbocycles. The van der Waals surface area contributed by atoms with Gasteiger partial charge in [0, 0.05) is 10.0 Å². The molecule has 2 aromatic carbocycles. The first-order chi connectivity index (χ1) is 10.1. The first-order valence-electron chi connectivity index (χ1n) is 6.49. The second kappa shape index (κ2) is 7.22. The summed E-state index contributed by atoms with van der Waals surface area (Å²) in [4.78, 5) is 11.8. The highest BCUT2D eigenvalue weighted by Gasteiger charge is 2.07. The van der Waals surface area contributed by atoms with E-state index in [0.717, 1.165) is 10.2 Å². The molecule has 0 saturated heterocycles. The Morgan fingerprint density at radius 2 is 2.10 bits per heavy atom. The van der Waals surface area contributed by atoms with Crippen molar-refractivity contribution in [2.45, 2.75) is 6.92 Å². The zero-order chi connectivity index (χ0) is 15.2. The molecule has 21 heavy (non-hydrogen) atoms. The van der Waals surface area contributed by atoms with Crippen LogP contribution in [-0.4, -0.2) is 19.1 Å². The molecule has 110 valence electrons. The number of benzene rings is 2. The highest BCUT2D eigenvalue weighted by atomic mass is 79.9. The number of carbonyl (C=O) groups excluding carboxylic acids is 1. The third kappa shape index (κ3) is 4.56. The fourth-order valence-electron chi connectivity index (χ4n) is 1.73. The van der Waals surface area contributed by atoms with Crippen molar-refractivity contribution in [2.24, 2.45) is 0 Å². The van der Waals surface area contributed by atoms with E-state index in [-0.39, 0.29) is 11.7 Å². The van der Waals surface area contributed by atoms with E-state index in [1.54, 1.807) is 19.1 Å². The summed E-state index contributed by atoms with van der Waals surface area (Å²) in [7, 11) is 0. The fraction of sp³-hybridized carbons (Fsp3) is 0.188. The summed E-state index contributed by atoms with van der Waals surface area (Å²) >= 11 is 3.35. The molecular weight excluding hydrogens is 337 g/mol. The SMILES string of the molecule is Cc1ccc(C(=O)NCCOc2cccc(Br)c2)cc1F. The summed E-state index contributed by atoms with van der Waals surface area (Å²) in [5, 5.41) is 2.69. The molecule has 5 heteroatoms. The van der Waals surface area contributed by atoms with E-state index in [1.807, 2.05) is 24.3 Å². The highest BCUT2D eigenvalue weighted by molar-refractivity contribution is 9.10. The van der Waals surface area contributed by atoms with Crippen molar-refractivity contribution in [1.29, 1.82) is 0 Å². The maximum Gasteiger partial charge on any atom is 0.251 e. The molecule has 0 aliphatic carbocycles. The van der Waals surface area contributed by atoms with Gasteiger partial charge in [-0.25, -0.2) is 4.39 Å². The van der Waals surface area contributed by atoms with E-state index in [2.05, 4.69) is 21.2 Å². The molecule has 2 aromatic rings. The van der Waals surface area contributed by atoms with Crippen LogP contribution in [-0.2, 0) is 0 Å². The third-order valence-electron chi connectivity index (χ3n) is 2.89. The number of amides is 1. The monoisotopic (exact) mass is 351 g/mol. The van der Waals surface area contributed by atoms with Gasteiger partial charge in [0.15, 0.2) is 0 Å². The molecular formula is C16H15BrFNO2. The number of rotatable bonds is 5. The van der Waals surface area contributed by atoms with Crippen molar-refractivity contribution in [3.8, 4) is 5.75 Å². The minimum absolute atomic E-state index is 0.306. The Morgan fingerprint density at radius 1 is 1.29 bits per heavy atom. The van der Waals surface area contributed by atoms with Gasteiger partial charge in [-0.05, 0) is 42.8 Å². The lowest BCUT2D eigenvalue weighted by molar-refractivity contribution is 0.0946. The Bertz CT molecular complexity index is 646. The largest absolute Gasteiger partial charge is 0.492 e. The Hall–Kier alpha value is -1.88. The van der Waals surface area contributed by atoms with Gasteiger partial charge in [-0.3, -0.25) is 4.79 Å². The van der Waals surface area contributed by atoms with Crippen LogP contribution in [0.5, 0.6) is 5.75 Å². The predicted molar refractivity (Wildman–Crippen MR) is 83.1 cm³/mol. The van der Waals surface area contributed by atoms with E-state index in [9.17, 15) is 9.18 Å². The molecule has 0 radical (unpaired) electrons. The zero-order valence-electron chi connectivity index (χ0n) is 11.5. The van der Waals surface area contributed by atoms with E-state index in [4.69, 9.17) is 4.74 Å². The van der Waals surface area contributed by atoms with Gasteiger partial charge in [0.2, 0.25) is 0 Å². The second-order valence-corrected chi connectivity index (χ2v) is 5.44. The normalized spacial score (nSPS) is 10.2. The summed E-state index contributed by atoms with van der Waals surface area (Å²) in [6, 6.07) is 11.9. The van der Waals surface area contributed by atoms with Crippen LogP contribution in [0.15, 0.2) is 46.9 Å². The van der Waals surface area contributed by atoms with Crippen LogP contribution in [0.25, 0.3) is 0 Å². The molecule has 0 bridgehead atoms. The van der Waals surface area contributed by atoms with Gasteiger partial charge in [0.05, 0.1) is 6.54 Å². The molecule has 0 aromatic heterocycles. The second-order valence-electron chi connectivity index (χ2n) is 4.53. The molecule has 0 unspecified atom stereocenters. The summed E-state index contributed by atoms with van der Waals surface area (Å²) < 4.78 is 19.8. The zero-order valence-corrected chi connectivity index (χ0v) is 13.1. The molecule has 0 aliphatic rings. The van der Waals surface area contributed by atoms with Gasteiger partial charge in [-0.1, -0.05) is 28.1 Å². The van der Waals surface area contributed by atoms with E-state index in [1.165, 1.54) is 6.07 Å². The van der Waals surface area contributed by atoms with Crippen molar-refractivity contribution in [3.05, 3.63) is 63.9 Å². The smallest absolute Gasteiger partial charge is 0.251 e. The number of aryl methyl sites for hydroxylation is 1. The Balaban J connectivity index is 1.80. The lowest BCUT2D eigenvalue weighted by Crippen LogP contribution is -2.28. The van der Waals surface area contributed by atoms with Gasteiger partial charge in [0.1, 0.15) is 18.2 Å². The standard InChI is InChI=1S/C16H15BrFNO2/c1-11-5-6-12(9-15(11)18)16(20)19-7-8-21-14-4-2-3-13(17)10-14/h2-6,9-10H,7-8H2,1H3,(H,19,20). The molecule has 0 aliphatic heterocycles. The minimum atomic E-state index is -0.381. The predicted octanol–water partition coefficient (Wildman–Crippen LogP) is 3.71. The number of carbonyl (C=O) groups is 1. The molecule has 2 rings (SSSR count). The number of hydrogen-bond donors (Lipinski definition) is 1. The molecule has 0 heterocycles. The molecule has 0 spiro atoms.